The summed E-state index contributed by atoms with van der Waals surface area (Å²) in [4.78, 5) is 0. The highest BCUT2D eigenvalue weighted by Crippen LogP contribution is 1.95. The lowest BCUT2D eigenvalue weighted by Gasteiger charge is -2.05. The van der Waals surface area contributed by atoms with Crippen molar-refractivity contribution in [1.29, 1.82) is 0 Å². The van der Waals surface area contributed by atoms with Gasteiger partial charge in [0.25, 0.3) is 0 Å². The second-order valence-corrected chi connectivity index (χ2v) is 5.27. The number of ether oxygens (including phenoxy) is 1. The molecule has 0 heterocycles. The first-order valence-electron chi connectivity index (χ1n) is 5.19. The van der Waals surface area contributed by atoms with Gasteiger partial charge in [-0.15, -0.1) is 0 Å². The van der Waals surface area contributed by atoms with E-state index in [9.17, 15) is 8.42 Å². The lowest BCUT2D eigenvalue weighted by molar-refractivity contribution is 0.193. The molecule has 0 atom stereocenters. The molecule has 0 aliphatic heterocycles. The smallest absolute Gasteiger partial charge is 0.211 e. The highest BCUT2D eigenvalue weighted by Gasteiger charge is 2.07. The number of hydrogen-bond acceptors (Lipinski definition) is 4. The fourth-order valence-corrected chi connectivity index (χ4v) is 2.26. The summed E-state index contributed by atoms with van der Waals surface area (Å²) >= 11 is 0. The molecular formula is C9H21NO4S. The summed E-state index contributed by atoms with van der Waals surface area (Å²) < 4.78 is 30.0. The number of nitrogens with one attached hydrogen (secondary N) is 1. The topological polar surface area (TPSA) is 75.6 Å². The van der Waals surface area contributed by atoms with Crippen LogP contribution >= 0.6 is 0 Å². The first-order valence-corrected chi connectivity index (χ1v) is 6.85. The molecule has 0 aliphatic rings. The Morgan fingerprint density at radius 3 is 2.53 bits per heavy atom. The van der Waals surface area contributed by atoms with E-state index in [2.05, 4.69) is 4.72 Å². The summed E-state index contributed by atoms with van der Waals surface area (Å²) in [6.07, 6.45) is 2.68. The van der Waals surface area contributed by atoms with Crippen LogP contribution in [0, 0.1) is 0 Å². The number of rotatable bonds is 10. The van der Waals surface area contributed by atoms with Crippen molar-refractivity contribution < 1.29 is 18.3 Å². The molecule has 0 fully saturated rings. The van der Waals surface area contributed by atoms with E-state index >= 15 is 0 Å². The van der Waals surface area contributed by atoms with E-state index in [4.69, 9.17) is 9.84 Å². The molecule has 0 amide bonds. The normalized spacial score (nSPS) is 11.9. The zero-order valence-electron chi connectivity index (χ0n) is 9.24. The zero-order chi connectivity index (χ0) is 11.6. The third kappa shape index (κ3) is 10.1. The molecule has 0 saturated carbocycles. The highest BCUT2D eigenvalue weighted by atomic mass is 32.2. The standard InChI is InChI=1S/C9H21NO4S/c1-14-8-4-2-6-10-15(12,13)9-5-3-7-11/h10-11H,2-9H2,1H3. The molecule has 2 N–H and O–H groups in total. The molecule has 0 aromatic carbocycles. The van der Waals surface area contributed by atoms with Crippen molar-refractivity contribution >= 4 is 10.0 Å². The van der Waals surface area contributed by atoms with Crippen molar-refractivity contribution in [2.75, 3.05) is 32.6 Å². The summed E-state index contributed by atoms with van der Waals surface area (Å²) in [6, 6.07) is 0. The van der Waals surface area contributed by atoms with Crippen LogP contribution in [0.3, 0.4) is 0 Å². The van der Waals surface area contributed by atoms with Crippen LogP contribution in [0.5, 0.6) is 0 Å². The summed E-state index contributed by atoms with van der Waals surface area (Å²) in [7, 11) is -1.52. The van der Waals surface area contributed by atoms with Crippen LogP contribution < -0.4 is 4.72 Å². The van der Waals surface area contributed by atoms with Gasteiger partial charge in [-0.2, -0.15) is 0 Å². The lowest BCUT2D eigenvalue weighted by atomic mass is 10.3. The second-order valence-electron chi connectivity index (χ2n) is 3.34. The van der Waals surface area contributed by atoms with Gasteiger partial charge in [-0.25, -0.2) is 13.1 Å². The minimum absolute atomic E-state index is 0.0450. The summed E-state index contributed by atoms with van der Waals surface area (Å²) in [5, 5.41) is 8.51. The van der Waals surface area contributed by atoms with Gasteiger partial charge in [0.2, 0.25) is 10.0 Å². The van der Waals surface area contributed by atoms with Gasteiger partial charge in [-0.1, -0.05) is 0 Å². The molecule has 15 heavy (non-hydrogen) atoms. The van der Waals surface area contributed by atoms with Crippen LogP contribution in [0.25, 0.3) is 0 Å². The van der Waals surface area contributed by atoms with Crippen LogP contribution in [0.15, 0.2) is 0 Å². The van der Waals surface area contributed by atoms with Crippen LogP contribution in [0.2, 0.25) is 0 Å². The molecule has 6 heteroatoms. The van der Waals surface area contributed by atoms with E-state index in [-0.39, 0.29) is 12.4 Å². The first-order chi connectivity index (χ1) is 7.12. The van der Waals surface area contributed by atoms with Gasteiger partial charge in [0.05, 0.1) is 5.75 Å². The number of unbranched alkanes of at least 4 members (excludes halogenated alkanes) is 2. The molecule has 0 aromatic heterocycles. The molecule has 0 unspecified atom stereocenters. The van der Waals surface area contributed by atoms with E-state index < -0.39 is 10.0 Å². The van der Waals surface area contributed by atoms with Crippen LogP contribution in [0.1, 0.15) is 25.7 Å². The summed E-state index contributed by atoms with van der Waals surface area (Å²) in [5.74, 6) is 0.0951. The van der Waals surface area contributed by atoms with Crippen LogP contribution in [0.4, 0.5) is 0 Å². The van der Waals surface area contributed by atoms with Gasteiger partial charge >= 0.3 is 0 Å². The van der Waals surface area contributed by atoms with Gasteiger partial charge < -0.3 is 9.84 Å². The van der Waals surface area contributed by atoms with Gasteiger partial charge in [0, 0.05) is 26.9 Å². The van der Waals surface area contributed by atoms with Crippen LogP contribution in [-0.2, 0) is 14.8 Å². The Morgan fingerprint density at radius 2 is 1.93 bits per heavy atom. The molecular weight excluding hydrogens is 218 g/mol. The van der Waals surface area contributed by atoms with E-state index in [1.165, 1.54) is 0 Å². The van der Waals surface area contributed by atoms with Crippen molar-refractivity contribution in [1.82, 2.24) is 4.72 Å². The van der Waals surface area contributed by atoms with Gasteiger partial charge in [-0.3, -0.25) is 0 Å². The molecule has 0 saturated heterocycles. The molecule has 0 radical (unpaired) electrons. The average Bonchev–Trinajstić information content (AvgIpc) is 2.17. The number of sulfonamides is 1. The Kier molecular flexibility index (Phi) is 8.98. The largest absolute Gasteiger partial charge is 0.396 e. The van der Waals surface area contributed by atoms with E-state index in [0.717, 1.165) is 12.8 Å². The Labute approximate surface area is 91.9 Å². The molecule has 0 spiro atoms. The third-order valence-electron chi connectivity index (χ3n) is 1.92. The highest BCUT2D eigenvalue weighted by molar-refractivity contribution is 7.89. The fraction of sp³-hybridized carbons (Fsp3) is 1.00. The maximum atomic E-state index is 11.3. The van der Waals surface area contributed by atoms with Crippen molar-refractivity contribution in [3.05, 3.63) is 0 Å². The van der Waals surface area contributed by atoms with E-state index in [1.807, 2.05) is 0 Å². The summed E-state index contributed by atoms with van der Waals surface area (Å²) in [6.45, 7) is 1.17. The van der Waals surface area contributed by atoms with Crippen LogP contribution in [-0.4, -0.2) is 46.1 Å². The number of hydrogen-bond donors (Lipinski definition) is 2. The maximum absolute atomic E-state index is 11.3. The monoisotopic (exact) mass is 239 g/mol. The molecule has 0 aliphatic carbocycles. The lowest BCUT2D eigenvalue weighted by Crippen LogP contribution is -2.27. The second kappa shape index (κ2) is 9.08. The van der Waals surface area contributed by atoms with E-state index in [1.54, 1.807) is 7.11 Å². The molecule has 0 aromatic rings. The van der Waals surface area contributed by atoms with Crippen molar-refractivity contribution in [3.8, 4) is 0 Å². The Balaban J connectivity index is 3.47. The quantitative estimate of drug-likeness (QED) is 0.530. The SMILES string of the molecule is COCCCCNS(=O)(=O)CCCCO. The predicted molar refractivity (Wildman–Crippen MR) is 59.2 cm³/mol. The molecule has 5 nitrogen and oxygen atoms in total. The number of methoxy groups -OCH3 is 1. The Hall–Kier alpha value is -0.170. The summed E-state index contributed by atoms with van der Waals surface area (Å²) in [5.41, 5.74) is 0. The third-order valence-corrected chi connectivity index (χ3v) is 3.39. The number of aliphatic hydroxyl groups excluding tert-OH is 1. The van der Waals surface area contributed by atoms with Crippen molar-refractivity contribution in [3.63, 3.8) is 0 Å². The number of aliphatic hydroxyl groups is 1. The minimum Gasteiger partial charge on any atom is -0.396 e. The molecule has 0 bridgehead atoms. The maximum Gasteiger partial charge on any atom is 0.211 e. The zero-order valence-corrected chi connectivity index (χ0v) is 10.1. The predicted octanol–water partition coefficient (Wildman–Crippen LogP) is 0.105. The van der Waals surface area contributed by atoms with E-state index in [0.29, 0.717) is 26.0 Å². The van der Waals surface area contributed by atoms with Crippen molar-refractivity contribution in [2.45, 2.75) is 25.7 Å². The van der Waals surface area contributed by atoms with Gasteiger partial charge in [0.1, 0.15) is 0 Å². The average molecular weight is 239 g/mol. The molecule has 92 valence electrons. The Bertz CT molecular complexity index is 228. The molecule has 0 rings (SSSR count). The minimum atomic E-state index is -3.14. The fourth-order valence-electron chi connectivity index (χ4n) is 1.08. The first kappa shape index (κ1) is 14.8. The van der Waals surface area contributed by atoms with Crippen molar-refractivity contribution in [2.24, 2.45) is 0 Å². The Morgan fingerprint density at radius 1 is 1.20 bits per heavy atom. The van der Waals surface area contributed by atoms with Gasteiger partial charge in [0.15, 0.2) is 0 Å². The van der Waals surface area contributed by atoms with Gasteiger partial charge in [-0.05, 0) is 25.7 Å².